The van der Waals surface area contributed by atoms with E-state index in [1.54, 1.807) is 32.0 Å². The van der Waals surface area contributed by atoms with Gasteiger partial charge in [-0.25, -0.2) is 35.1 Å². The Labute approximate surface area is 180 Å². The Morgan fingerprint density at radius 1 is 0.839 bits per heavy atom. The first-order chi connectivity index (χ1) is 14.4. The molecule has 0 atom stereocenters. The summed E-state index contributed by atoms with van der Waals surface area (Å²) in [6, 6.07) is 7.19. The van der Waals surface area contributed by atoms with E-state index in [0.717, 1.165) is 11.6 Å². The molecule has 0 aliphatic rings. The van der Waals surface area contributed by atoms with Crippen molar-refractivity contribution in [2.24, 2.45) is 0 Å². The summed E-state index contributed by atoms with van der Waals surface area (Å²) in [7, 11) is -7.84. The van der Waals surface area contributed by atoms with Gasteiger partial charge in [0.2, 0.25) is 26.0 Å². The monoisotopic (exact) mass is 475 g/mol. The first-order valence-electron chi connectivity index (χ1n) is 9.21. The molecule has 0 aliphatic carbocycles. The number of halogens is 2. The second-order valence-corrected chi connectivity index (χ2v) is 10.2. The molecule has 0 bridgehead atoms. The molecule has 2 rings (SSSR count). The predicted molar refractivity (Wildman–Crippen MR) is 110 cm³/mol. The lowest BCUT2D eigenvalue weighted by Gasteiger charge is -2.11. The Hall–Kier alpha value is -2.41. The van der Waals surface area contributed by atoms with Crippen molar-refractivity contribution >= 4 is 26.0 Å². The van der Waals surface area contributed by atoms with Crippen LogP contribution in [-0.2, 0) is 24.8 Å². The van der Waals surface area contributed by atoms with E-state index < -0.39 is 42.5 Å². The molecule has 8 nitrogen and oxygen atoms in total. The molecule has 0 saturated heterocycles. The summed E-state index contributed by atoms with van der Waals surface area (Å²) in [4.78, 5) is 11.5. The minimum atomic E-state index is -4.11. The summed E-state index contributed by atoms with van der Waals surface area (Å²) in [6.45, 7) is 3.12. The topological polar surface area (TPSA) is 121 Å². The molecule has 1 amide bonds. The van der Waals surface area contributed by atoms with Gasteiger partial charge in [0.05, 0.1) is 9.79 Å². The van der Waals surface area contributed by atoms with Crippen molar-refractivity contribution in [3.8, 4) is 0 Å². The zero-order valence-corrected chi connectivity index (χ0v) is 18.5. The zero-order chi connectivity index (χ0) is 23.2. The first kappa shape index (κ1) is 24.9. The van der Waals surface area contributed by atoms with Crippen LogP contribution in [-0.4, -0.2) is 42.4 Å². The quantitative estimate of drug-likeness (QED) is 0.448. The summed E-state index contributed by atoms with van der Waals surface area (Å²) in [5.74, 6) is -2.99. The van der Waals surface area contributed by atoms with Crippen molar-refractivity contribution in [1.82, 2.24) is 14.8 Å². The number of sulfonamides is 2. The number of carbonyl (C=O) groups is 1. The van der Waals surface area contributed by atoms with Crippen LogP contribution in [0.15, 0.2) is 46.2 Å². The van der Waals surface area contributed by atoms with Crippen molar-refractivity contribution in [2.45, 2.75) is 30.1 Å². The van der Waals surface area contributed by atoms with Gasteiger partial charge in [0.15, 0.2) is 11.6 Å². The molecule has 31 heavy (non-hydrogen) atoms. The van der Waals surface area contributed by atoms with E-state index in [4.69, 9.17) is 0 Å². The molecule has 0 spiro atoms. The Kier molecular flexibility index (Phi) is 8.23. The van der Waals surface area contributed by atoms with Gasteiger partial charge >= 0.3 is 0 Å². The third-order valence-corrected chi connectivity index (χ3v) is 7.28. The van der Waals surface area contributed by atoms with Crippen LogP contribution in [0.3, 0.4) is 0 Å². The Morgan fingerprint density at radius 3 is 2.19 bits per heavy atom. The highest BCUT2D eigenvalue weighted by Crippen LogP contribution is 2.16. The maximum Gasteiger partial charge on any atom is 0.240 e. The van der Waals surface area contributed by atoms with E-state index in [-0.39, 0.29) is 31.0 Å². The molecule has 2 aromatic carbocycles. The predicted octanol–water partition coefficient (Wildman–Crippen LogP) is 1.34. The van der Waals surface area contributed by atoms with Crippen molar-refractivity contribution < 1.29 is 30.4 Å². The third-order valence-electron chi connectivity index (χ3n) is 4.22. The molecule has 0 heterocycles. The fraction of sp³-hybridized carbons (Fsp3) is 0.316. The molecule has 0 fully saturated rings. The normalized spacial score (nSPS) is 12.0. The fourth-order valence-corrected chi connectivity index (χ4v) is 4.98. The lowest BCUT2D eigenvalue weighted by atomic mass is 10.2. The smallest absolute Gasteiger partial charge is 0.240 e. The van der Waals surface area contributed by atoms with E-state index in [1.165, 1.54) is 0 Å². The standard InChI is InChI=1S/C19H23F2N3O5S2/c1-13-3-4-14(2)18(11-13)31(28,29)24-10-9-22-19(25)7-8-23-30(26,27)15-5-6-16(20)17(21)12-15/h3-6,11-12,23-24H,7-10H2,1-2H3,(H,22,25). The molecular formula is C19H23F2N3O5S2. The van der Waals surface area contributed by atoms with Crippen LogP contribution in [0.1, 0.15) is 17.5 Å². The maximum atomic E-state index is 13.2. The molecule has 12 heteroatoms. The van der Waals surface area contributed by atoms with Gasteiger partial charge in [-0.05, 0) is 49.2 Å². The minimum Gasteiger partial charge on any atom is -0.355 e. The van der Waals surface area contributed by atoms with Crippen molar-refractivity contribution in [1.29, 1.82) is 0 Å². The van der Waals surface area contributed by atoms with Gasteiger partial charge in [-0.15, -0.1) is 0 Å². The first-order valence-corrected chi connectivity index (χ1v) is 12.2. The van der Waals surface area contributed by atoms with Gasteiger partial charge in [0.25, 0.3) is 0 Å². The number of hydrogen-bond acceptors (Lipinski definition) is 5. The Morgan fingerprint density at radius 2 is 1.52 bits per heavy atom. The van der Waals surface area contributed by atoms with E-state index in [0.29, 0.717) is 17.7 Å². The lowest BCUT2D eigenvalue weighted by molar-refractivity contribution is -0.120. The third kappa shape index (κ3) is 7.06. The molecular weight excluding hydrogens is 452 g/mol. The number of carbonyl (C=O) groups excluding carboxylic acids is 1. The van der Waals surface area contributed by atoms with Crippen molar-refractivity contribution in [3.05, 3.63) is 59.2 Å². The molecule has 0 saturated carbocycles. The lowest BCUT2D eigenvalue weighted by Crippen LogP contribution is -2.36. The molecule has 2 aromatic rings. The molecule has 0 radical (unpaired) electrons. The van der Waals surface area contributed by atoms with Crippen LogP contribution in [0.2, 0.25) is 0 Å². The molecule has 0 aromatic heterocycles. The highest BCUT2D eigenvalue weighted by molar-refractivity contribution is 7.89. The highest BCUT2D eigenvalue weighted by Gasteiger charge is 2.18. The average molecular weight is 476 g/mol. The summed E-state index contributed by atoms with van der Waals surface area (Å²) >= 11 is 0. The summed E-state index contributed by atoms with van der Waals surface area (Å²) in [5.41, 5.74) is 1.39. The number of rotatable bonds is 10. The Bertz CT molecular complexity index is 1170. The molecule has 3 N–H and O–H groups in total. The number of hydrogen-bond donors (Lipinski definition) is 3. The van der Waals surface area contributed by atoms with Gasteiger partial charge in [0.1, 0.15) is 0 Å². The van der Waals surface area contributed by atoms with Crippen molar-refractivity contribution in [2.75, 3.05) is 19.6 Å². The van der Waals surface area contributed by atoms with Crippen LogP contribution in [0.5, 0.6) is 0 Å². The van der Waals surface area contributed by atoms with Gasteiger partial charge in [-0.3, -0.25) is 4.79 Å². The van der Waals surface area contributed by atoms with Gasteiger partial charge in [-0.2, -0.15) is 0 Å². The van der Waals surface area contributed by atoms with Crippen LogP contribution >= 0.6 is 0 Å². The van der Waals surface area contributed by atoms with Gasteiger partial charge < -0.3 is 5.32 Å². The number of aryl methyl sites for hydroxylation is 2. The Balaban J connectivity index is 1.77. The molecule has 170 valence electrons. The number of benzene rings is 2. The zero-order valence-electron chi connectivity index (χ0n) is 16.9. The summed E-state index contributed by atoms with van der Waals surface area (Å²) < 4.78 is 79.4. The fourth-order valence-electron chi connectivity index (χ4n) is 2.58. The SMILES string of the molecule is Cc1ccc(C)c(S(=O)(=O)NCCNC(=O)CCNS(=O)(=O)c2ccc(F)c(F)c2)c1. The second kappa shape index (κ2) is 10.3. The highest BCUT2D eigenvalue weighted by atomic mass is 32.2. The van der Waals surface area contributed by atoms with Crippen molar-refractivity contribution in [3.63, 3.8) is 0 Å². The van der Waals surface area contributed by atoms with E-state index in [2.05, 4.69) is 14.8 Å². The molecule has 0 aliphatic heterocycles. The van der Waals surface area contributed by atoms with Gasteiger partial charge in [0, 0.05) is 26.1 Å². The van der Waals surface area contributed by atoms with Crippen LogP contribution in [0.25, 0.3) is 0 Å². The van der Waals surface area contributed by atoms with E-state index in [9.17, 15) is 30.4 Å². The summed E-state index contributed by atoms with van der Waals surface area (Å²) in [5, 5.41) is 2.47. The van der Waals surface area contributed by atoms with Gasteiger partial charge in [-0.1, -0.05) is 12.1 Å². The maximum absolute atomic E-state index is 13.2. The summed E-state index contributed by atoms with van der Waals surface area (Å²) in [6.07, 6.45) is -0.230. The van der Waals surface area contributed by atoms with Crippen LogP contribution in [0, 0.1) is 25.5 Å². The van der Waals surface area contributed by atoms with E-state index >= 15 is 0 Å². The second-order valence-electron chi connectivity index (χ2n) is 6.74. The number of nitrogens with one attached hydrogen (secondary N) is 3. The largest absolute Gasteiger partial charge is 0.355 e. The average Bonchev–Trinajstić information content (AvgIpc) is 2.69. The van der Waals surface area contributed by atoms with Crippen LogP contribution < -0.4 is 14.8 Å². The molecule has 0 unspecified atom stereocenters. The number of amides is 1. The minimum absolute atomic E-state index is 0.00114. The van der Waals surface area contributed by atoms with Crippen LogP contribution in [0.4, 0.5) is 8.78 Å². The van der Waals surface area contributed by atoms with E-state index in [1.807, 2.05) is 0 Å².